The number of benzene rings is 3. The fourth-order valence-corrected chi connectivity index (χ4v) is 2.04. The van der Waals surface area contributed by atoms with Gasteiger partial charge in [0.1, 0.15) is 5.69 Å². The van der Waals surface area contributed by atoms with Gasteiger partial charge in [0.15, 0.2) is 5.75 Å². The first-order valence-electron chi connectivity index (χ1n) is 6.42. The first-order chi connectivity index (χ1) is 10.1. The van der Waals surface area contributed by atoms with Crippen molar-refractivity contribution in [1.82, 2.24) is 0 Å². The first kappa shape index (κ1) is 12.9. The molecule has 0 fully saturated rings. The van der Waals surface area contributed by atoms with Gasteiger partial charge in [0.05, 0.1) is 5.69 Å². The van der Waals surface area contributed by atoms with Crippen molar-refractivity contribution < 1.29 is 5.11 Å². The van der Waals surface area contributed by atoms with E-state index < -0.39 is 0 Å². The number of azo groups is 1. The first-order valence-corrected chi connectivity index (χ1v) is 6.42. The SMILES string of the molecule is Nc1ccc(N=Nc2ccc3ccc(N)cc3c2O)cc1. The molecular formula is C16H14N4O. The Morgan fingerprint density at radius 1 is 0.762 bits per heavy atom. The summed E-state index contributed by atoms with van der Waals surface area (Å²) in [6, 6.07) is 15.9. The number of nitrogens with two attached hydrogens (primary N) is 2. The molecule has 0 aliphatic rings. The fourth-order valence-electron chi connectivity index (χ4n) is 2.04. The molecule has 5 N–H and O–H groups in total. The molecular weight excluding hydrogens is 264 g/mol. The topological polar surface area (TPSA) is 97.0 Å². The fraction of sp³-hybridized carbons (Fsp3) is 0. The summed E-state index contributed by atoms with van der Waals surface area (Å²) in [6.45, 7) is 0. The monoisotopic (exact) mass is 278 g/mol. The second-order valence-electron chi connectivity index (χ2n) is 4.71. The largest absolute Gasteiger partial charge is 0.505 e. The van der Waals surface area contributed by atoms with Crippen LogP contribution in [0.15, 0.2) is 64.8 Å². The molecule has 0 unspecified atom stereocenters. The summed E-state index contributed by atoms with van der Waals surface area (Å²) in [5.41, 5.74) is 13.7. The van der Waals surface area contributed by atoms with Crippen LogP contribution >= 0.6 is 0 Å². The Morgan fingerprint density at radius 2 is 1.43 bits per heavy atom. The van der Waals surface area contributed by atoms with Gasteiger partial charge in [0, 0.05) is 16.8 Å². The van der Waals surface area contributed by atoms with Crippen LogP contribution in [0.3, 0.4) is 0 Å². The van der Waals surface area contributed by atoms with Crippen molar-refractivity contribution in [3.63, 3.8) is 0 Å². The Kier molecular flexibility index (Phi) is 3.16. The average Bonchev–Trinajstić information content (AvgIpc) is 2.49. The maximum absolute atomic E-state index is 10.3. The molecule has 3 aromatic rings. The number of hydrogen-bond donors (Lipinski definition) is 3. The minimum absolute atomic E-state index is 0.0685. The molecule has 0 atom stereocenters. The normalized spacial score (nSPS) is 11.2. The number of rotatable bonds is 2. The molecule has 5 heteroatoms. The lowest BCUT2D eigenvalue weighted by Gasteiger charge is -2.04. The average molecular weight is 278 g/mol. The molecule has 0 saturated heterocycles. The number of phenols is 1. The number of nitrogen functional groups attached to an aromatic ring is 2. The van der Waals surface area contributed by atoms with E-state index in [4.69, 9.17) is 11.5 Å². The Labute approximate surface area is 121 Å². The summed E-state index contributed by atoms with van der Waals surface area (Å²) < 4.78 is 0. The van der Waals surface area contributed by atoms with Gasteiger partial charge in [-0.15, -0.1) is 5.11 Å². The summed E-state index contributed by atoms with van der Waals surface area (Å²) in [5.74, 6) is 0.0685. The minimum Gasteiger partial charge on any atom is -0.505 e. The van der Waals surface area contributed by atoms with E-state index in [1.165, 1.54) is 0 Å². The van der Waals surface area contributed by atoms with Gasteiger partial charge < -0.3 is 16.6 Å². The highest BCUT2D eigenvalue weighted by molar-refractivity contribution is 5.94. The van der Waals surface area contributed by atoms with E-state index in [0.29, 0.717) is 28.1 Å². The standard InChI is InChI=1S/C16H14N4O/c17-11-4-6-13(7-5-11)19-20-15-8-2-10-1-3-12(18)9-14(10)16(15)21/h1-9,21H,17-18H2. The number of nitrogens with zero attached hydrogens (tertiary/aromatic N) is 2. The summed E-state index contributed by atoms with van der Waals surface area (Å²) in [6.07, 6.45) is 0. The number of hydrogen-bond acceptors (Lipinski definition) is 5. The quantitative estimate of drug-likeness (QED) is 0.485. The Morgan fingerprint density at radius 3 is 2.19 bits per heavy atom. The van der Waals surface area contributed by atoms with Gasteiger partial charge in [-0.25, -0.2) is 0 Å². The summed E-state index contributed by atoms with van der Waals surface area (Å²) >= 11 is 0. The van der Waals surface area contributed by atoms with E-state index in [9.17, 15) is 5.11 Å². The van der Waals surface area contributed by atoms with Gasteiger partial charge in [-0.05, 0) is 47.9 Å². The van der Waals surface area contributed by atoms with Crippen LogP contribution in [0.2, 0.25) is 0 Å². The lowest BCUT2D eigenvalue weighted by Crippen LogP contribution is -1.84. The molecule has 0 spiro atoms. The van der Waals surface area contributed by atoms with Crippen LogP contribution < -0.4 is 11.5 Å². The zero-order chi connectivity index (χ0) is 14.8. The third kappa shape index (κ3) is 2.62. The number of phenolic OH excluding ortho intramolecular Hbond substituents is 1. The van der Waals surface area contributed by atoms with Crippen molar-refractivity contribution in [3.8, 4) is 5.75 Å². The summed E-state index contributed by atoms with van der Waals surface area (Å²) in [5, 5.41) is 20.0. The molecule has 21 heavy (non-hydrogen) atoms. The van der Waals surface area contributed by atoms with Gasteiger partial charge in [-0.1, -0.05) is 12.1 Å². The van der Waals surface area contributed by atoms with E-state index in [2.05, 4.69) is 10.2 Å². The second kappa shape index (κ2) is 5.13. The highest BCUT2D eigenvalue weighted by Crippen LogP contribution is 2.36. The van der Waals surface area contributed by atoms with E-state index in [1.807, 2.05) is 12.1 Å². The number of anilines is 2. The van der Waals surface area contributed by atoms with Crippen molar-refractivity contribution in [3.05, 3.63) is 54.6 Å². The molecule has 0 bridgehead atoms. The predicted octanol–water partition coefficient (Wildman–Crippen LogP) is 4.13. The molecule has 3 aromatic carbocycles. The summed E-state index contributed by atoms with van der Waals surface area (Å²) in [7, 11) is 0. The second-order valence-corrected chi connectivity index (χ2v) is 4.71. The Balaban J connectivity index is 2.00. The van der Waals surface area contributed by atoms with Gasteiger partial charge in [-0.2, -0.15) is 5.11 Å². The molecule has 0 saturated carbocycles. The zero-order valence-corrected chi connectivity index (χ0v) is 11.2. The van der Waals surface area contributed by atoms with Crippen LogP contribution in [0.4, 0.5) is 22.7 Å². The Hall–Kier alpha value is -3.08. The third-order valence-corrected chi connectivity index (χ3v) is 3.16. The van der Waals surface area contributed by atoms with Crippen molar-refractivity contribution in [2.75, 3.05) is 11.5 Å². The highest BCUT2D eigenvalue weighted by Gasteiger charge is 2.06. The lowest BCUT2D eigenvalue weighted by atomic mass is 10.1. The molecule has 0 aliphatic carbocycles. The molecule has 0 heterocycles. The highest BCUT2D eigenvalue weighted by atomic mass is 16.3. The number of fused-ring (bicyclic) bond motifs is 1. The molecule has 0 aromatic heterocycles. The van der Waals surface area contributed by atoms with Crippen molar-refractivity contribution in [1.29, 1.82) is 0 Å². The van der Waals surface area contributed by atoms with E-state index in [-0.39, 0.29) is 5.75 Å². The smallest absolute Gasteiger partial charge is 0.150 e. The van der Waals surface area contributed by atoms with Crippen LogP contribution in [-0.2, 0) is 0 Å². The minimum atomic E-state index is 0.0685. The summed E-state index contributed by atoms with van der Waals surface area (Å²) in [4.78, 5) is 0. The van der Waals surface area contributed by atoms with E-state index >= 15 is 0 Å². The maximum Gasteiger partial charge on any atom is 0.150 e. The van der Waals surface area contributed by atoms with Crippen LogP contribution in [0, 0.1) is 0 Å². The van der Waals surface area contributed by atoms with Crippen LogP contribution in [0.5, 0.6) is 5.75 Å². The van der Waals surface area contributed by atoms with E-state index in [1.54, 1.807) is 42.5 Å². The molecule has 0 amide bonds. The van der Waals surface area contributed by atoms with Gasteiger partial charge in [-0.3, -0.25) is 0 Å². The van der Waals surface area contributed by atoms with Gasteiger partial charge in [0.25, 0.3) is 0 Å². The van der Waals surface area contributed by atoms with Crippen LogP contribution in [0.25, 0.3) is 10.8 Å². The molecule has 104 valence electrons. The van der Waals surface area contributed by atoms with Gasteiger partial charge >= 0.3 is 0 Å². The molecule has 0 radical (unpaired) electrons. The predicted molar refractivity (Wildman–Crippen MR) is 85.1 cm³/mol. The molecule has 3 rings (SSSR count). The number of aromatic hydroxyl groups is 1. The van der Waals surface area contributed by atoms with Crippen LogP contribution in [0.1, 0.15) is 0 Å². The lowest BCUT2D eigenvalue weighted by molar-refractivity contribution is 0.482. The maximum atomic E-state index is 10.3. The van der Waals surface area contributed by atoms with E-state index in [0.717, 1.165) is 5.39 Å². The molecule has 5 nitrogen and oxygen atoms in total. The van der Waals surface area contributed by atoms with Crippen molar-refractivity contribution >= 4 is 33.5 Å². The van der Waals surface area contributed by atoms with Crippen molar-refractivity contribution in [2.45, 2.75) is 0 Å². The zero-order valence-electron chi connectivity index (χ0n) is 11.2. The molecule has 0 aliphatic heterocycles. The van der Waals surface area contributed by atoms with Gasteiger partial charge in [0.2, 0.25) is 0 Å². The third-order valence-electron chi connectivity index (χ3n) is 3.16. The Bertz CT molecular complexity index is 826. The van der Waals surface area contributed by atoms with Crippen LogP contribution in [-0.4, -0.2) is 5.11 Å². The van der Waals surface area contributed by atoms with Crippen molar-refractivity contribution in [2.24, 2.45) is 10.2 Å².